The zero-order chi connectivity index (χ0) is 32.1. The van der Waals surface area contributed by atoms with Crippen LogP contribution in [-0.4, -0.2) is 75.5 Å². The molecule has 0 aliphatic carbocycles. The summed E-state index contributed by atoms with van der Waals surface area (Å²) in [5.41, 5.74) is 1.28. The molecule has 1 rings (SSSR count). The molecule has 1 aromatic carbocycles. The van der Waals surface area contributed by atoms with Gasteiger partial charge in [-0.05, 0) is 44.1 Å². The van der Waals surface area contributed by atoms with Crippen LogP contribution in [-0.2, 0) is 0 Å². The summed E-state index contributed by atoms with van der Waals surface area (Å²) in [6, 6.07) is 8.35. The van der Waals surface area contributed by atoms with E-state index in [-0.39, 0.29) is 0 Å². The van der Waals surface area contributed by atoms with Gasteiger partial charge in [0.2, 0.25) is 0 Å². The predicted octanol–water partition coefficient (Wildman–Crippen LogP) is 11.7. The van der Waals surface area contributed by atoms with Crippen LogP contribution in [0.2, 0.25) is 0 Å². The molecule has 1 aromatic rings. The Morgan fingerprint density at radius 2 is 0.953 bits per heavy atom. The third-order valence-corrected chi connectivity index (χ3v) is 9.76. The molecule has 0 heterocycles. The molecule has 0 spiro atoms. The fourth-order valence-electron chi connectivity index (χ4n) is 5.21. The van der Waals surface area contributed by atoms with Crippen LogP contribution >= 0.6 is 11.8 Å². The maximum atomic E-state index is 5.88. The van der Waals surface area contributed by atoms with Crippen molar-refractivity contribution in [2.24, 2.45) is 0 Å². The van der Waals surface area contributed by atoms with Gasteiger partial charge in [0.05, 0.1) is 41.8 Å². The monoisotopic (exact) mass is 623 g/mol. The van der Waals surface area contributed by atoms with E-state index in [1.54, 1.807) is 0 Å². The first-order chi connectivity index (χ1) is 20.6. The molecule has 0 N–H and O–H groups in total. The van der Waals surface area contributed by atoms with Crippen molar-refractivity contribution in [3.8, 4) is 5.75 Å². The zero-order valence-corrected chi connectivity index (χ0v) is 31.5. The Morgan fingerprint density at radius 3 is 1.40 bits per heavy atom. The van der Waals surface area contributed by atoms with E-state index in [2.05, 4.69) is 92.0 Å². The Kier molecular flexibility index (Phi) is 28.3. The lowest BCUT2D eigenvalue weighted by atomic mass is 10.1. The molecule has 4 heteroatoms. The molecule has 0 amide bonds. The predicted molar refractivity (Wildman–Crippen MR) is 198 cm³/mol. The highest BCUT2D eigenvalue weighted by Crippen LogP contribution is 2.15. The van der Waals surface area contributed by atoms with Gasteiger partial charge in [-0.15, -0.1) is 11.8 Å². The number of likely N-dealkylation sites (N-methyl/N-ethyl adjacent to an activating group) is 1. The molecular formula is C39H78N2OS+2. The third kappa shape index (κ3) is 32.5. The molecule has 0 radical (unpaired) electrons. The minimum atomic E-state index is 0.799. The summed E-state index contributed by atoms with van der Waals surface area (Å²) >= 11 is 2.11. The number of nitrogens with zero attached hydrogens (tertiary/aromatic N) is 2. The fraction of sp³-hybridized carbons (Fsp3) is 0.846. The number of unbranched alkanes of at least 4 members (excludes halogenated alkanes) is 18. The SMILES string of the molecule is CCCCCCCCCCCCSC[N+](C)(C)C.CCCCCCCCCCCC[N+](C)(C)CCOc1ccc(C)cc1. The van der Waals surface area contributed by atoms with Gasteiger partial charge in [-0.25, -0.2) is 0 Å². The maximum Gasteiger partial charge on any atom is 0.137 e. The first kappa shape index (κ1) is 42.3. The van der Waals surface area contributed by atoms with Crippen molar-refractivity contribution >= 4 is 11.8 Å². The summed E-state index contributed by atoms with van der Waals surface area (Å²) in [5, 5.41) is 0. The normalized spacial score (nSPS) is 11.8. The van der Waals surface area contributed by atoms with Gasteiger partial charge >= 0.3 is 0 Å². The minimum Gasteiger partial charge on any atom is -0.488 e. The van der Waals surface area contributed by atoms with Crippen LogP contribution in [0.25, 0.3) is 0 Å². The summed E-state index contributed by atoms with van der Waals surface area (Å²) in [7, 11) is 11.5. The van der Waals surface area contributed by atoms with Crippen molar-refractivity contribution in [2.75, 3.05) is 66.6 Å². The number of hydrogen-bond donors (Lipinski definition) is 0. The van der Waals surface area contributed by atoms with Crippen molar-refractivity contribution in [1.82, 2.24) is 0 Å². The van der Waals surface area contributed by atoms with E-state index in [4.69, 9.17) is 4.74 Å². The van der Waals surface area contributed by atoms with Crippen molar-refractivity contribution < 1.29 is 13.7 Å². The van der Waals surface area contributed by atoms with E-state index in [1.165, 1.54) is 152 Å². The van der Waals surface area contributed by atoms with Crippen molar-refractivity contribution in [3.05, 3.63) is 29.8 Å². The highest BCUT2D eigenvalue weighted by atomic mass is 32.2. The molecule has 0 aliphatic rings. The van der Waals surface area contributed by atoms with E-state index >= 15 is 0 Å². The summed E-state index contributed by atoms with van der Waals surface area (Å²) in [5.74, 6) is 3.59. The average molecular weight is 623 g/mol. The number of thioether (sulfide) groups is 1. The zero-order valence-electron chi connectivity index (χ0n) is 30.7. The van der Waals surface area contributed by atoms with Crippen LogP contribution in [0, 0.1) is 6.92 Å². The quantitative estimate of drug-likeness (QED) is 0.0522. The standard InChI is InChI=1S/C23H42NO.C16H36NS/c1-5-6-7-8-9-10-11-12-13-14-19-24(3,4)20-21-25-23-17-15-22(2)16-18-23;1-5-6-7-8-9-10-11-12-13-14-15-18-16-17(2,3)4/h15-18H,5-14,19-21H2,1-4H3;5-16H2,1-4H3/q2*+1. The number of ether oxygens (including phenoxy) is 1. The molecule has 43 heavy (non-hydrogen) atoms. The van der Waals surface area contributed by atoms with Crippen LogP contribution in [0.5, 0.6) is 5.75 Å². The Labute approximate surface area is 276 Å². The van der Waals surface area contributed by atoms with Gasteiger partial charge in [0.15, 0.2) is 0 Å². The van der Waals surface area contributed by atoms with Gasteiger partial charge in [0, 0.05) is 0 Å². The molecule has 0 bridgehead atoms. The van der Waals surface area contributed by atoms with Crippen molar-refractivity contribution in [1.29, 1.82) is 0 Å². The van der Waals surface area contributed by atoms with Gasteiger partial charge in [-0.3, -0.25) is 0 Å². The Hall–Kier alpha value is -0.710. The van der Waals surface area contributed by atoms with Crippen LogP contribution < -0.4 is 4.74 Å². The highest BCUT2D eigenvalue weighted by Gasteiger charge is 2.14. The summed E-state index contributed by atoms with van der Waals surface area (Å²) < 4.78 is 8.03. The molecule has 0 aliphatic heterocycles. The molecule has 0 aromatic heterocycles. The van der Waals surface area contributed by atoms with Crippen LogP contribution in [0.4, 0.5) is 0 Å². The summed E-state index contributed by atoms with van der Waals surface area (Å²) in [6.07, 6.45) is 28.5. The van der Waals surface area contributed by atoms with E-state index < -0.39 is 0 Å². The van der Waals surface area contributed by atoms with E-state index in [9.17, 15) is 0 Å². The number of rotatable bonds is 28. The topological polar surface area (TPSA) is 9.23 Å². The Balaban J connectivity index is 0.000000869. The Morgan fingerprint density at radius 1 is 0.535 bits per heavy atom. The lowest BCUT2D eigenvalue weighted by Crippen LogP contribution is -2.43. The van der Waals surface area contributed by atoms with Gasteiger partial charge < -0.3 is 13.7 Å². The molecule has 0 saturated heterocycles. The van der Waals surface area contributed by atoms with Crippen LogP contribution in [0.3, 0.4) is 0 Å². The number of hydrogen-bond acceptors (Lipinski definition) is 2. The Bertz CT molecular complexity index is 698. The molecular weight excluding hydrogens is 545 g/mol. The lowest BCUT2D eigenvalue weighted by molar-refractivity contribution is -0.890. The molecule has 0 unspecified atom stereocenters. The average Bonchev–Trinajstić information content (AvgIpc) is 2.95. The van der Waals surface area contributed by atoms with Crippen LogP contribution in [0.15, 0.2) is 24.3 Å². The summed E-state index contributed by atoms with van der Waals surface area (Å²) in [6.45, 7) is 9.81. The molecule has 0 fully saturated rings. The second kappa shape index (κ2) is 28.7. The van der Waals surface area contributed by atoms with Gasteiger partial charge in [-0.1, -0.05) is 141 Å². The third-order valence-electron chi connectivity index (χ3n) is 8.22. The molecule has 254 valence electrons. The first-order valence-electron chi connectivity index (χ1n) is 18.5. The van der Waals surface area contributed by atoms with E-state index in [1.807, 2.05) is 0 Å². The highest BCUT2D eigenvalue weighted by molar-refractivity contribution is 7.99. The fourth-order valence-corrected chi connectivity index (χ4v) is 6.30. The minimum absolute atomic E-state index is 0.799. The van der Waals surface area contributed by atoms with Crippen molar-refractivity contribution in [2.45, 2.75) is 149 Å². The van der Waals surface area contributed by atoms with E-state index in [0.717, 1.165) is 27.9 Å². The smallest absolute Gasteiger partial charge is 0.137 e. The maximum absolute atomic E-state index is 5.88. The van der Waals surface area contributed by atoms with Gasteiger partial charge in [0.25, 0.3) is 0 Å². The molecule has 3 nitrogen and oxygen atoms in total. The second-order valence-corrected chi connectivity index (χ2v) is 15.8. The number of benzene rings is 1. The first-order valence-corrected chi connectivity index (χ1v) is 19.6. The lowest BCUT2D eigenvalue weighted by Gasteiger charge is -2.29. The molecule has 0 atom stereocenters. The molecule has 0 saturated carbocycles. The van der Waals surface area contributed by atoms with Crippen molar-refractivity contribution in [3.63, 3.8) is 0 Å². The van der Waals surface area contributed by atoms with Gasteiger partial charge in [0.1, 0.15) is 24.8 Å². The van der Waals surface area contributed by atoms with Gasteiger partial charge in [-0.2, -0.15) is 0 Å². The summed E-state index contributed by atoms with van der Waals surface area (Å²) in [4.78, 5) is 0. The second-order valence-electron chi connectivity index (χ2n) is 14.7. The van der Waals surface area contributed by atoms with E-state index in [0.29, 0.717) is 0 Å². The largest absolute Gasteiger partial charge is 0.488 e. The number of aryl methyl sites for hydroxylation is 1. The van der Waals surface area contributed by atoms with Crippen LogP contribution in [0.1, 0.15) is 148 Å². The number of quaternary nitrogens is 2.